The summed E-state index contributed by atoms with van der Waals surface area (Å²) in [5.74, 6) is 0.738. The van der Waals surface area contributed by atoms with Crippen molar-refractivity contribution in [3.8, 4) is 5.75 Å². The summed E-state index contributed by atoms with van der Waals surface area (Å²) in [4.78, 5) is 12.6. The van der Waals surface area contributed by atoms with E-state index in [-0.39, 0.29) is 11.7 Å². The van der Waals surface area contributed by atoms with Crippen LogP contribution >= 0.6 is 11.8 Å². The van der Waals surface area contributed by atoms with Crippen molar-refractivity contribution in [3.63, 3.8) is 0 Å². The number of carbonyl (C=O) groups is 1. The maximum atomic E-state index is 12.6. The molecule has 6 nitrogen and oxygen atoms in total. The van der Waals surface area contributed by atoms with Gasteiger partial charge in [-0.3, -0.25) is 9.20 Å². The molecular formula is C23H24N4O2S. The maximum Gasteiger partial charge on any atom is 0.234 e. The fourth-order valence-electron chi connectivity index (χ4n) is 3.74. The number of nitrogens with zero attached hydrogens (tertiary/aromatic N) is 3. The van der Waals surface area contributed by atoms with Crippen LogP contribution in [0.3, 0.4) is 0 Å². The number of hydrogen-bond donors (Lipinski definition) is 1. The van der Waals surface area contributed by atoms with Crippen molar-refractivity contribution in [2.75, 3.05) is 18.2 Å². The van der Waals surface area contributed by atoms with Gasteiger partial charge in [-0.1, -0.05) is 29.5 Å². The van der Waals surface area contributed by atoms with Gasteiger partial charge in [0, 0.05) is 5.39 Å². The van der Waals surface area contributed by atoms with Crippen LogP contribution in [0.2, 0.25) is 0 Å². The number of nitrogens with one attached hydrogen (secondary N) is 1. The van der Waals surface area contributed by atoms with Gasteiger partial charge in [0.15, 0.2) is 10.8 Å². The number of hydrogen-bond acceptors (Lipinski definition) is 5. The number of benzene rings is 2. The lowest BCUT2D eigenvalue weighted by molar-refractivity contribution is -0.113. The van der Waals surface area contributed by atoms with Crippen LogP contribution in [0.5, 0.6) is 5.75 Å². The number of pyridine rings is 1. The minimum Gasteiger partial charge on any atom is -0.495 e. The van der Waals surface area contributed by atoms with E-state index in [9.17, 15) is 4.79 Å². The topological polar surface area (TPSA) is 68.5 Å². The van der Waals surface area contributed by atoms with Crippen LogP contribution in [-0.4, -0.2) is 33.4 Å². The molecule has 30 heavy (non-hydrogen) atoms. The fourth-order valence-corrected chi connectivity index (χ4v) is 4.49. The lowest BCUT2D eigenvalue weighted by atomic mass is 10.0. The molecule has 1 amide bonds. The third kappa shape index (κ3) is 3.73. The molecule has 0 aliphatic rings. The van der Waals surface area contributed by atoms with Gasteiger partial charge in [-0.2, -0.15) is 0 Å². The molecule has 0 radical (unpaired) electrons. The van der Waals surface area contributed by atoms with E-state index in [0.29, 0.717) is 16.6 Å². The molecule has 0 aliphatic heterocycles. The van der Waals surface area contributed by atoms with Crippen LogP contribution in [0.25, 0.3) is 16.6 Å². The second kappa shape index (κ2) is 7.99. The zero-order valence-electron chi connectivity index (χ0n) is 17.7. The summed E-state index contributed by atoms with van der Waals surface area (Å²) in [6.45, 7) is 8.26. The predicted octanol–water partition coefficient (Wildman–Crippen LogP) is 4.86. The first kappa shape index (κ1) is 20.2. The monoisotopic (exact) mass is 420 g/mol. The average Bonchev–Trinajstić information content (AvgIpc) is 3.09. The highest BCUT2D eigenvalue weighted by Gasteiger charge is 2.16. The number of carbonyl (C=O) groups excluding carboxylic acids is 1. The second-order valence-electron chi connectivity index (χ2n) is 7.52. The van der Waals surface area contributed by atoms with E-state index < -0.39 is 0 Å². The summed E-state index contributed by atoms with van der Waals surface area (Å²) in [6, 6.07) is 12.1. The Morgan fingerprint density at radius 2 is 1.83 bits per heavy atom. The molecule has 7 heteroatoms. The van der Waals surface area contributed by atoms with Gasteiger partial charge in [-0.25, -0.2) is 0 Å². The first-order valence-electron chi connectivity index (χ1n) is 9.70. The SMILES string of the molecule is COc1ccc(C)cc1NC(=O)CSc1nnc2cc(C)c3cc(C)cc(C)c3n12. The van der Waals surface area contributed by atoms with Crippen LogP contribution in [0.1, 0.15) is 22.3 Å². The van der Waals surface area contributed by atoms with Gasteiger partial charge in [-0.05, 0) is 68.7 Å². The third-order valence-electron chi connectivity index (χ3n) is 5.06. The lowest BCUT2D eigenvalue weighted by Crippen LogP contribution is -2.15. The Kier molecular flexibility index (Phi) is 5.39. The third-order valence-corrected chi connectivity index (χ3v) is 5.99. The Balaban J connectivity index is 1.63. The minimum absolute atomic E-state index is 0.121. The summed E-state index contributed by atoms with van der Waals surface area (Å²) < 4.78 is 7.39. The van der Waals surface area contributed by atoms with Crippen molar-refractivity contribution in [2.24, 2.45) is 0 Å². The molecule has 154 valence electrons. The van der Waals surface area contributed by atoms with Gasteiger partial charge in [0.25, 0.3) is 0 Å². The van der Waals surface area contributed by atoms with E-state index in [1.54, 1.807) is 7.11 Å². The van der Waals surface area contributed by atoms with Crippen molar-refractivity contribution >= 4 is 39.9 Å². The lowest BCUT2D eigenvalue weighted by Gasteiger charge is -2.12. The molecule has 4 aromatic rings. The van der Waals surface area contributed by atoms with Crippen molar-refractivity contribution in [2.45, 2.75) is 32.9 Å². The average molecular weight is 421 g/mol. The van der Waals surface area contributed by atoms with E-state index in [1.807, 2.05) is 35.6 Å². The van der Waals surface area contributed by atoms with Crippen molar-refractivity contribution in [3.05, 3.63) is 58.7 Å². The van der Waals surface area contributed by atoms with Gasteiger partial charge in [-0.15, -0.1) is 10.2 Å². The highest BCUT2D eigenvalue weighted by molar-refractivity contribution is 7.99. The molecular weight excluding hydrogens is 396 g/mol. The minimum atomic E-state index is -0.121. The Hall–Kier alpha value is -3.06. The van der Waals surface area contributed by atoms with E-state index in [1.165, 1.54) is 22.7 Å². The van der Waals surface area contributed by atoms with E-state index in [2.05, 4.69) is 48.4 Å². The molecule has 0 atom stereocenters. The van der Waals surface area contributed by atoms with Crippen molar-refractivity contribution in [1.82, 2.24) is 14.6 Å². The molecule has 0 saturated carbocycles. The largest absolute Gasteiger partial charge is 0.495 e. The summed E-state index contributed by atoms with van der Waals surface area (Å²) >= 11 is 1.37. The molecule has 4 rings (SSSR count). The molecule has 2 heterocycles. The molecule has 0 unspecified atom stereocenters. The number of fused-ring (bicyclic) bond motifs is 3. The Labute approximate surface area is 179 Å². The quantitative estimate of drug-likeness (QED) is 0.467. The number of aromatic nitrogens is 3. The zero-order valence-corrected chi connectivity index (χ0v) is 18.6. The number of amides is 1. The second-order valence-corrected chi connectivity index (χ2v) is 8.46. The number of rotatable bonds is 5. The summed E-state index contributed by atoms with van der Waals surface area (Å²) in [7, 11) is 1.59. The first-order valence-corrected chi connectivity index (χ1v) is 10.7. The molecule has 0 bridgehead atoms. The van der Waals surface area contributed by atoms with Gasteiger partial charge < -0.3 is 10.1 Å². The van der Waals surface area contributed by atoms with Crippen LogP contribution in [0.15, 0.2) is 41.6 Å². The molecule has 2 aromatic heterocycles. The van der Waals surface area contributed by atoms with E-state index in [0.717, 1.165) is 27.9 Å². The van der Waals surface area contributed by atoms with Gasteiger partial charge in [0.05, 0.1) is 24.1 Å². The first-order chi connectivity index (χ1) is 14.4. The standard InChI is InChI=1S/C23H24N4O2S/c1-13-6-7-19(29-5)18(10-13)24-21(28)12-30-23-26-25-20-11-15(3)17-9-14(2)8-16(4)22(17)27(20)23/h6-11H,12H2,1-5H3,(H,24,28). The number of methoxy groups -OCH3 is 1. The Morgan fingerprint density at radius 1 is 1.03 bits per heavy atom. The summed E-state index contributed by atoms with van der Waals surface area (Å²) in [6.07, 6.45) is 0. The van der Waals surface area contributed by atoms with E-state index in [4.69, 9.17) is 4.74 Å². The highest BCUT2D eigenvalue weighted by Crippen LogP contribution is 2.30. The Bertz CT molecular complexity index is 1280. The number of aryl methyl sites for hydroxylation is 4. The maximum absolute atomic E-state index is 12.6. The molecule has 2 aromatic carbocycles. The van der Waals surface area contributed by atoms with Crippen LogP contribution in [0, 0.1) is 27.7 Å². The number of thioether (sulfide) groups is 1. The van der Waals surface area contributed by atoms with Crippen LogP contribution in [-0.2, 0) is 4.79 Å². The molecule has 0 aliphatic carbocycles. The van der Waals surface area contributed by atoms with Gasteiger partial charge >= 0.3 is 0 Å². The van der Waals surface area contributed by atoms with E-state index >= 15 is 0 Å². The molecule has 1 N–H and O–H groups in total. The summed E-state index contributed by atoms with van der Waals surface area (Å²) in [5, 5.41) is 13.5. The fraction of sp³-hybridized carbons (Fsp3) is 0.261. The predicted molar refractivity (Wildman–Crippen MR) is 122 cm³/mol. The van der Waals surface area contributed by atoms with Gasteiger partial charge in [0.2, 0.25) is 5.91 Å². The zero-order chi connectivity index (χ0) is 21.4. The van der Waals surface area contributed by atoms with Crippen LogP contribution in [0.4, 0.5) is 5.69 Å². The normalized spacial score (nSPS) is 11.2. The van der Waals surface area contributed by atoms with Crippen molar-refractivity contribution < 1.29 is 9.53 Å². The molecule has 0 saturated heterocycles. The highest BCUT2D eigenvalue weighted by atomic mass is 32.2. The van der Waals surface area contributed by atoms with Crippen LogP contribution < -0.4 is 10.1 Å². The molecule has 0 spiro atoms. The number of ether oxygens (including phenoxy) is 1. The van der Waals surface area contributed by atoms with Gasteiger partial charge in [0.1, 0.15) is 5.75 Å². The summed E-state index contributed by atoms with van der Waals surface area (Å²) in [5.41, 5.74) is 7.14. The number of anilines is 1. The smallest absolute Gasteiger partial charge is 0.234 e. The van der Waals surface area contributed by atoms with Crippen molar-refractivity contribution in [1.29, 1.82) is 0 Å². The molecule has 0 fully saturated rings. The Morgan fingerprint density at radius 3 is 2.60 bits per heavy atom.